The van der Waals surface area contributed by atoms with Gasteiger partial charge in [-0.1, -0.05) is 18.2 Å². The number of allylic oxidation sites excluding steroid dienone is 2. The highest BCUT2D eigenvalue weighted by molar-refractivity contribution is 7.93. The van der Waals surface area contributed by atoms with E-state index in [9.17, 15) is 13.7 Å². The summed E-state index contributed by atoms with van der Waals surface area (Å²) in [7, 11) is -4.04. The number of primary sulfonamides is 1. The highest BCUT2D eigenvalue weighted by atomic mass is 32.2. The molecule has 2 heterocycles. The molecule has 1 fully saturated rings. The summed E-state index contributed by atoms with van der Waals surface area (Å²) in [5.74, 6) is 0. The Morgan fingerprint density at radius 3 is 2.43 bits per heavy atom. The number of nitriles is 1. The minimum atomic E-state index is -4.04. The van der Waals surface area contributed by atoms with Gasteiger partial charge in [0.15, 0.2) is 4.91 Å². The summed E-state index contributed by atoms with van der Waals surface area (Å²) in [5.41, 5.74) is 2.72. The van der Waals surface area contributed by atoms with E-state index in [0.717, 1.165) is 33.8 Å². The molecule has 1 aliphatic rings. The zero-order chi connectivity index (χ0) is 21.3. The molecule has 5 nitrogen and oxygen atoms in total. The van der Waals surface area contributed by atoms with Crippen molar-refractivity contribution in [2.75, 3.05) is 18.0 Å². The molecule has 0 bridgehead atoms. The van der Waals surface area contributed by atoms with Gasteiger partial charge in [0.2, 0.25) is 10.0 Å². The fraction of sp³-hybridized carbons (Fsp3) is 0.261. The molecule has 7 heteroatoms. The molecular weight excluding hydrogens is 414 g/mol. The van der Waals surface area contributed by atoms with Crippen LogP contribution >= 0.6 is 11.3 Å². The zero-order valence-corrected chi connectivity index (χ0v) is 18.4. The first-order valence-corrected chi connectivity index (χ1v) is 12.3. The van der Waals surface area contributed by atoms with Crippen molar-refractivity contribution in [3.63, 3.8) is 0 Å². The number of anilines is 1. The molecule has 0 spiro atoms. The minimum Gasteiger partial charge on any atom is -0.372 e. The number of rotatable bonds is 4. The maximum absolute atomic E-state index is 11.6. The van der Waals surface area contributed by atoms with Crippen LogP contribution in [0.3, 0.4) is 0 Å². The standard InChI is InChI=1S/C23H23N3O2S2/c1-16(23(15-24)30(25,27)28)21-9-10-22(29-21)19-6-5-18-14-20(8-7-17(18)13-19)26-11-3-2-4-12-26/h5-10,13-14H,2-4,11-12H2,1H3,(H2,25,27,28). The molecule has 154 valence electrons. The Kier molecular flexibility index (Phi) is 5.65. The fourth-order valence-corrected chi connectivity index (χ4v) is 5.64. The Balaban J connectivity index is 1.66. The van der Waals surface area contributed by atoms with Crippen LogP contribution in [0.4, 0.5) is 5.69 Å². The van der Waals surface area contributed by atoms with Gasteiger partial charge in [0.05, 0.1) is 0 Å². The monoisotopic (exact) mass is 437 g/mol. The van der Waals surface area contributed by atoms with Crippen molar-refractivity contribution in [3.05, 3.63) is 58.3 Å². The average molecular weight is 438 g/mol. The van der Waals surface area contributed by atoms with Gasteiger partial charge in [-0.2, -0.15) is 5.26 Å². The van der Waals surface area contributed by atoms with Crippen LogP contribution in [-0.2, 0) is 10.0 Å². The Morgan fingerprint density at radius 1 is 1.03 bits per heavy atom. The number of nitrogens with two attached hydrogens (primary N) is 1. The lowest BCUT2D eigenvalue weighted by Crippen LogP contribution is -2.29. The van der Waals surface area contributed by atoms with Gasteiger partial charge in [-0.3, -0.25) is 0 Å². The molecule has 0 radical (unpaired) electrons. The SMILES string of the molecule is CC(=C(C#N)S(N)(=O)=O)c1ccc(-c2ccc3cc(N4CCCCC4)ccc3c2)s1. The highest BCUT2D eigenvalue weighted by Crippen LogP contribution is 2.35. The van der Waals surface area contributed by atoms with Crippen molar-refractivity contribution in [1.82, 2.24) is 0 Å². The van der Waals surface area contributed by atoms with Gasteiger partial charge >= 0.3 is 0 Å². The second-order valence-corrected chi connectivity index (χ2v) is 10.2. The number of piperidine rings is 1. The van der Waals surface area contributed by atoms with Crippen LogP contribution in [0, 0.1) is 11.3 Å². The molecule has 1 saturated heterocycles. The van der Waals surface area contributed by atoms with Gasteiger partial charge in [0.25, 0.3) is 0 Å². The van der Waals surface area contributed by atoms with Gasteiger partial charge in [-0.05, 0) is 78.4 Å². The van der Waals surface area contributed by atoms with Gasteiger partial charge in [-0.15, -0.1) is 11.3 Å². The van der Waals surface area contributed by atoms with E-state index in [2.05, 4.69) is 41.3 Å². The van der Waals surface area contributed by atoms with Crippen molar-refractivity contribution >= 4 is 43.4 Å². The molecular formula is C23H23N3O2S2. The summed E-state index contributed by atoms with van der Waals surface area (Å²) < 4.78 is 23.3. The molecule has 4 rings (SSSR count). The number of nitrogens with zero attached hydrogens (tertiary/aromatic N) is 2. The minimum absolute atomic E-state index is 0.378. The lowest BCUT2D eigenvalue weighted by molar-refractivity contribution is 0.578. The molecule has 0 unspecified atom stereocenters. The predicted octanol–water partition coefficient (Wildman–Crippen LogP) is 5.10. The quantitative estimate of drug-likeness (QED) is 0.575. The summed E-state index contributed by atoms with van der Waals surface area (Å²) in [5, 5.41) is 16.7. The largest absolute Gasteiger partial charge is 0.372 e. The molecule has 1 aliphatic heterocycles. The first-order chi connectivity index (χ1) is 14.4. The van der Waals surface area contributed by atoms with Crippen LogP contribution in [0.1, 0.15) is 31.1 Å². The second kappa shape index (κ2) is 8.23. The molecule has 0 atom stereocenters. The van der Waals surface area contributed by atoms with Crippen LogP contribution in [0.5, 0.6) is 0 Å². The van der Waals surface area contributed by atoms with Crippen molar-refractivity contribution in [2.24, 2.45) is 5.14 Å². The number of sulfonamides is 1. The van der Waals surface area contributed by atoms with E-state index in [-0.39, 0.29) is 4.91 Å². The van der Waals surface area contributed by atoms with Crippen LogP contribution in [-0.4, -0.2) is 21.5 Å². The summed E-state index contributed by atoms with van der Waals surface area (Å²) in [6.45, 7) is 3.86. The Bertz CT molecular complexity index is 1280. The topological polar surface area (TPSA) is 87.2 Å². The molecule has 0 saturated carbocycles. The summed E-state index contributed by atoms with van der Waals surface area (Å²) in [4.78, 5) is 3.80. The van der Waals surface area contributed by atoms with Crippen molar-refractivity contribution in [1.29, 1.82) is 5.26 Å². The second-order valence-electron chi connectivity index (χ2n) is 7.57. The number of benzene rings is 2. The van der Waals surface area contributed by atoms with E-state index in [4.69, 9.17) is 5.14 Å². The highest BCUT2D eigenvalue weighted by Gasteiger charge is 2.18. The van der Waals surface area contributed by atoms with Gasteiger partial charge in [0.1, 0.15) is 6.07 Å². The van der Waals surface area contributed by atoms with E-state index in [1.54, 1.807) is 13.0 Å². The third-order valence-electron chi connectivity index (χ3n) is 5.53. The molecule has 0 aliphatic carbocycles. The van der Waals surface area contributed by atoms with Gasteiger partial charge < -0.3 is 4.90 Å². The number of thiophene rings is 1. The van der Waals surface area contributed by atoms with Crippen LogP contribution in [0.15, 0.2) is 53.4 Å². The summed E-state index contributed by atoms with van der Waals surface area (Å²) >= 11 is 1.45. The fourth-order valence-electron chi connectivity index (χ4n) is 3.90. The number of hydrogen-bond acceptors (Lipinski definition) is 5. The third-order valence-corrected chi connectivity index (χ3v) is 7.75. The Morgan fingerprint density at radius 2 is 1.73 bits per heavy atom. The zero-order valence-electron chi connectivity index (χ0n) is 16.8. The van der Waals surface area contributed by atoms with Crippen LogP contribution < -0.4 is 10.0 Å². The van der Waals surface area contributed by atoms with E-state index in [0.29, 0.717) is 5.57 Å². The molecule has 30 heavy (non-hydrogen) atoms. The van der Waals surface area contributed by atoms with Gasteiger partial charge in [-0.25, -0.2) is 13.6 Å². The maximum atomic E-state index is 11.6. The lowest BCUT2D eigenvalue weighted by atomic mass is 10.0. The smallest absolute Gasteiger partial charge is 0.248 e. The average Bonchev–Trinajstić information content (AvgIpc) is 3.23. The van der Waals surface area contributed by atoms with Crippen LogP contribution in [0.2, 0.25) is 0 Å². The van der Waals surface area contributed by atoms with E-state index < -0.39 is 10.0 Å². The van der Waals surface area contributed by atoms with Crippen molar-refractivity contribution in [3.8, 4) is 16.5 Å². The molecule has 1 aromatic heterocycles. The Labute approximate surface area is 181 Å². The molecule has 2 N–H and O–H groups in total. The molecule has 0 amide bonds. The van der Waals surface area contributed by atoms with E-state index in [1.807, 2.05) is 12.1 Å². The van der Waals surface area contributed by atoms with Crippen molar-refractivity contribution < 1.29 is 8.42 Å². The first-order valence-electron chi connectivity index (χ1n) is 9.90. The maximum Gasteiger partial charge on any atom is 0.248 e. The van der Waals surface area contributed by atoms with Crippen LogP contribution in [0.25, 0.3) is 26.8 Å². The van der Waals surface area contributed by atoms with E-state index in [1.165, 1.54) is 41.7 Å². The summed E-state index contributed by atoms with van der Waals surface area (Å²) in [6.07, 6.45) is 3.83. The Hall–Kier alpha value is -2.66. The lowest BCUT2D eigenvalue weighted by Gasteiger charge is -2.29. The first kappa shape index (κ1) is 20.6. The normalized spacial score (nSPS) is 15.7. The third kappa shape index (κ3) is 4.12. The summed E-state index contributed by atoms with van der Waals surface area (Å²) in [6, 6.07) is 18.5. The number of fused-ring (bicyclic) bond motifs is 1. The van der Waals surface area contributed by atoms with Gasteiger partial charge in [0, 0.05) is 28.5 Å². The van der Waals surface area contributed by atoms with E-state index >= 15 is 0 Å². The molecule has 2 aromatic carbocycles. The van der Waals surface area contributed by atoms with Crippen molar-refractivity contribution in [2.45, 2.75) is 26.2 Å². The number of hydrogen-bond donors (Lipinski definition) is 1. The molecule has 3 aromatic rings. The predicted molar refractivity (Wildman–Crippen MR) is 125 cm³/mol.